The van der Waals surface area contributed by atoms with E-state index in [4.69, 9.17) is 14.2 Å². The minimum atomic E-state index is -1.74. The Kier molecular flexibility index (Phi) is 7.57. The highest BCUT2D eigenvalue weighted by atomic mass is 16.7. The van der Waals surface area contributed by atoms with Crippen LogP contribution in [0.4, 0.5) is 0 Å². The summed E-state index contributed by atoms with van der Waals surface area (Å²) in [5.74, 6) is -5.69. The quantitative estimate of drug-likeness (QED) is 0.217. The number of aliphatic hydroxyl groups is 2. The van der Waals surface area contributed by atoms with Gasteiger partial charge in [-0.25, -0.2) is 0 Å². The molecule has 1 heterocycles. The fourth-order valence-corrected chi connectivity index (χ4v) is 6.56. The van der Waals surface area contributed by atoms with E-state index in [2.05, 4.69) is 0 Å². The van der Waals surface area contributed by atoms with Crippen LogP contribution in [-0.2, 0) is 19.0 Å². The van der Waals surface area contributed by atoms with E-state index in [9.17, 15) is 39.9 Å². The number of ketones is 2. The Hall–Kier alpha value is -3.55. The number of carbonyl (C=O) groups excluding carboxylic acids is 3. The fourth-order valence-electron chi connectivity index (χ4n) is 6.56. The number of ether oxygens (including phenoxy) is 3. The lowest BCUT2D eigenvalue weighted by atomic mass is 9.67. The van der Waals surface area contributed by atoms with E-state index >= 15 is 0 Å². The lowest BCUT2D eigenvalue weighted by Crippen LogP contribution is -2.54. The first-order chi connectivity index (χ1) is 19.7. The van der Waals surface area contributed by atoms with Crippen molar-refractivity contribution in [3.05, 3.63) is 51.6 Å². The molecule has 1 fully saturated rings. The van der Waals surface area contributed by atoms with Gasteiger partial charge in [-0.05, 0) is 51.2 Å². The summed E-state index contributed by atoms with van der Waals surface area (Å²) >= 11 is 0. The number of phenols is 3. The summed E-state index contributed by atoms with van der Waals surface area (Å²) in [4.78, 5) is 42.2. The number of carbonyl (C=O) groups is 3. The molecule has 12 heteroatoms. The Balaban J connectivity index is 1.70. The third-order valence-corrected chi connectivity index (χ3v) is 8.87. The Bertz CT molecular complexity index is 1470. The highest BCUT2D eigenvalue weighted by molar-refractivity contribution is 6.31. The monoisotopic (exact) mass is 585 g/mol. The lowest BCUT2D eigenvalue weighted by molar-refractivity contribution is -0.258. The Labute approximate surface area is 242 Å². The number of likely N-dealkylation sites (N-methyl/N-ethyl adjacent to an activating group) is 1. The van der Waals surface area contributed by atoms with Crippen LogP contribution in [0.3, 0.4) is 0 Å². The Morgan fingerprint density at radius 3 is 2.29 bits per heavy atom. The molecule has 0 unspecified atom stereocenters. The number of nitrogens with zero attached hydrogens (tertiary/aromatic N) is 1. The molecule has 0 amide bonds. The van der Waals surface area contributed by atoms with Crippen molar-refractivity contribution in [1.82, 2.24) is 4.90 Å². The molecule has 3 aliphatic rings. The van der Waals surface area contributed by atoms with E-state index < -0.39 is 87.6 Å². The average molecular weight is 586 g/mol. The minimum absolute atomic E-state index is 0.00436. The van der Waals surface area contributed by atoms with Crippen molar-refractivity contribution in [2.75, 3.05) is 21.2 Å². The molecule has 1 saturated heterocycles. The van der Waals surface area contributed by atoms with Crippen molar-refractivity contribution < 1.29 is 54.1 Å². The summed E-state index contributed by atoms with van der Waals surface area (Å²) in [7, 11) is 4.76. The van der Waals surface area contributed by atoms with Gasteiger partial charge in [-0.1, -0.05) is 6.92 Å². The smallest absolute Gasteiger partial charge is 0.316 e. The van der Waals surface area contributed by atoms with Gasteiger partial charge < -0.3 is 44.6 Å². The molecule has 0 saturated carbocycles. The lowest BCUT2D eigenvalue weighted by Gasteiger charge is -2.46. The number of hydrogen-bond donors (Lipinski definition) is 5. The molecule has 2 aromatic rings. The van der Waals surface area contributed by atoms with E-state index in [-0.39, 0.29) is 42.0 Å². The van der Waals surface area contributed by atoms with E-state index in [1.165, 1.54) is 6.07 Å². The van der Waals surface area contributed by atoms with Crippen LogP contribution in [0.25, 0.3) is 0 Å². The second kappa shape index (κ2) is 10.6. The summed E-state index contributed by atoms with van der Waals surface area (Å²) in [6, 6.07) is 3.05. The summed E-state index contributed by atoms with van der Waals surface area (Å²) < 4.78 is 17.3. The average Bonchev–Trinajstić information content (AvgIpc) is 2.93. The number of esters is 1. The van der Waals surface area contributed by atoms with Crippen LogP contribution in [0.15, 0.2) is 18.2 Å². The van der Waals surface area contributed by atoms with Crippen LogP contribution in [0.1, 0.15) is 88.1 Å². The van der Waals surface area contributed by atoms with Gasteiger partial charge in [0.05, 0.1) is 47.7 Å². The summed E-state index contributed by atoms with van der Waals surface area (Å²) in [5, 5.41) is 54.9. The van der Waals surface area contributed by atoms with Crippen molar-refractivity contribution in [1.29, 1.82) is 0 Å². The summed E-state index contributed by atoms with van der Waals surface area (Å²) in [6.07, 6.45) is -3.34. The van der Waals surface area contributed by atoms with Gasteiger partial charge in [0.2, 0.25) is 5.78 Å². The predicted molar refractivity (Wildman–Crippen MR) is 146 cm³/mol. The number of phenolic OH excluding ortho intramolecular Hbond substituents is 3. The van der Waals surface area contributed by atoms with Crippen LogP contribution >= 0.6 is 0 Å². The van der Waals surface area contributed by atoms with Gasteiger partial charge in [-0.2, -0.15) is 0 Å². The topological polar surface area (TPSA) is 183 Å². The first-order valence-corrected chi connectivity index (χ1v) is 13.7. The molecule has 42 heavy (non-hydrogen) atoms. The van der Waals surface area contributed by atoms with Crippen LogP contribution in [0.5, 0.6) is 17.2 Å². The second-order valence-corrected chi connectivity index (χ2v) is 11.4. The molecule has 226 valence electrons. The van der Waals surface area contributed by atoms with Gasteiger partial charge >= 0.3 is 5.97 Å². The van der Waals surface area contributed by atoms with Crippen LogP contribution in [0, 0.1) is 0 Å². The van der Waals surface area contributed by atoms with Gasteiger partial charge in [-0.3, -0.25) is 14.4 Å². The SMILES string of the molecule is CC[C@@]1(O)C[C@@H](O[C@H]2C[C@@H](N(C)C)[C@H](O)[C@@H](C)O2)c2c(cc3c(c2O)C(=O)c2c(O)ccc(O)c2C3=O)[C@@H]1C(=O)OC. The Morgan fingerprint density at radius 1 is 1.10 bits per heavy atom. The maximum atomic E-state index is 13.7. The highest BCUT2D eigenvalue weighted by Crippen LogP contribution is 2.54. The van der Waals surface area contributed by atoms with Gasteiger partial charge in [0.1, 0.15) is 23.2 Å². The van der Waals surface area contributed by atoms with E-state index in [1.807, 2.05) is 19.0 Å². The van der Waals surface area contributed by atoms with Crippen LogP contribution < -0.4 is 0 Å². The molecule has 5 rings (SSSR count). The van der Waals surface area contributed by atoms with Crippen molar-refractivity contribution in [2.45, 2.75) is 75.3 Å². The maximum Gasteiger partial charge on any atom is 0.316 e. The van der Waals surface area contributed by atoms with Gasteiger partial charge in [0.15, 0.2) is 12.1 Å². The fraction of sp³-hybridized carbons (Fsp3) is 0.500. The zero-order chi connectivity index (χ0) is 30.8. The molecule has 7 atom stereocenters. The third kappa shape index (κ3) is 4.45. The Morgan fingerprint density at radius 2 is 1.71 bits per heavy atom. The molecule has 5 N–H and O–H groups in total. The van der Waals surface area contributed by atoms with Crippen molar-refractivity contribution in [3.63, 3.8) is 0 Å². The molecule has 0 aromatic heterocycles. The van der Waals surface area contributed by atoms with Crippen LogP contribution in [-0.4, -0.2) is 99.3 Å². The molecule has 0 bridgehead atoms. The zero-order valence-electron chi connectivity index (χ0n) is 24.0. The number of methoxy groups -OCH3 is 1. The number of aliphatic hydroxyl groups excluding tert-OH is 1. The standard InChI is InChI=1S/C30H35NO11/c1-6-30(39)11-18(42-19-10-15(31(3)4)25(34)12(2)41-19)20-13(24(30)29(38)40-5)9-14-21(27(20)36)28(37)23-17(33)8-7-16(32)22(23)26(14)35/h7-9,12,15,18-19,24-25,32-34,36,39H,6,10-11H2,1-5H3/t12-,15-,18-,19+,24-,25-,30-/m1/s1. The number of rotatable bonds is 5. The highest BCUT2D eigenvalue weighted by Gasteiger charge is 2.53. The molecular weight excluding hydrogens is 550 g/mol. The first kappa shape index (κ1) is 29.9. The molecule has 1 aliphatic heterocycles. The first-order valence-electron chi connectivity index (χ1n) is 13.7. The van der Waals surface area contributed by atoms with Crippen molar-refractivity contribution >= 4 is 17.5 Å². The molecule has 0 spiro atoms. The number of fused-ring (bicyclic) bond motifs is 3. The second-order valence-electron chi connectivity index (χ2n) is 11.4. The van der Waals surface area contributed by atoms with Gasteiger partial charge in [0.25, 0.3) is 0 Å². The van der Waals surface area contributed by atoms with Crippen molar-refractivity contribution in [3.8, 4) is 17.2 Å². The van der Waals surface area contributed by atoms with Crippen LogP contribution in [0.2, 0.25) is 0 Å². The molecule has 12 nitrogen and oxygen atoms in total. The van der Waals surface area contributed by atoms with Crippen molar-refractivity contribution in [2.24, 2.45) is 0 Å². The van der Waals surface area contributed by atoms with Gasteiger partial charge in [-0.15, -0.1) is 0 Å². The molecule has 0 radical (unpaired) electrons. The van der Waals surface area contributed by atoms with E-state index in [0.717, 1.165) is 19.2 Å². The molecular formula is C30H35NO11. The number of hydrogen-bond acceptors (Lipinski definition) is 12. The molecule has 2 aliphatic carbocycles. The third-order valence-electron chi connectivity index (χ3n) is 8.87. The number of benzene rings is 2. The zero-order valence-corrected chi connectivity index (χ0v) is 24.0. The predicted octanol–water partition coefficient (Wildman–Crippen LogP) is 1.86. The molecule has 2 aromatic carbocycles. The summed E-state index contributed by atoms with van der Waals surface area (Å²) in [5.41, 5.74) is -3.36. The minimum Gasteiger partial charge on any atom is -0.507 e. The largest absolute Gasteiger partial charge is 0.507 e. The van der Waals surface area contributed by atoms with Gasteiger partial charge in [0, 0.05) is 30.0 Å². The van der Waals surface area contributed by atoms with E-state index in [0.29, 0.717) is 0 Å². The number of aromatic hydroxyl groups is 3. The normalized spacial score (nSPS) is 30.5. The summed E-state index contributed by atoms with van der Waals surface area (Å²) in [6.45, 7) is 3.36. The maximum absolute atomic E-state index is 13.7. The van der Waals surface area contributed by atoms with E-state index in [1.54, 1.807) is 13.8 Å².